The molecule has 1 atom stereocenters. The lowest BCUT2D eigenvalue weighted by molar-refractivity contribution is 0.518. The van der Waals surface area contributed by atoms with E-state index in [1.807, 2.05) is 20.9 Å². The van der Waals surface area contributed by atoms with E-state index in [2.05, 4.69) is 15.4 Å². The molecule has 1 N–H and O–H groups in total. The quantitative estimate of drug-likeness (QED) is 0.889. The molecular weight excluding hydrogens is 331 g/mol. The minimum absolute atomic E-state index is 0.0490. The monoisotopic (exact) mass is 346 g/mol. The van der Waals surface area contributed by atoms with Crippen LogP contribution in [0.5, 0.6) is 0 Å². The number of hydrogen-bond acceptors (Lipinski definition) is 3. The topological polar surface area (TPSA) is 42.7 Å². The van der Waals surface area contributed by atoms with Gasteiger partial charge in [0.2, 0.25) is 0 Å². The molecule has 4 nitrogen and oxygen atoms in total. The number of halogens is 3. The normalized spacial score (nSPS) is 12.7. The Morgan fingerprint density at radius 2 is 2.05 bits per heavy atom. The van der Waals surface area contributed by atoms with Crippen LogP contribution in [-0.4, -0.2) is 21.3 Å². The number of nitrogens with zero attached hydrogens (tertiary/aromatic N) is 3. The third-order valence-corrected chi connectivity index (χ3v) is 4.28. The van der Waals surface area contributed by atoms with Gasteiger partial charge in [-0.15, -0.1) is 0 Å². The first-order chi connectivity index (χ1) is 9.93. The van der Waals surface area contributed by atoms with Crippen LogP contribution < -0.4 is 5.32 Å². The molecule has 0 bridgehead atoms. The molecule has 0 aliphatic carbocycles. The summed E-state index contributed by atoms with van der Waals surface area (Å²) in [5, 5.41) is 9.47. The van der Waals surface area contributed by atoms with Gasteiger partial charge in [-0.1, -0.05) is 41.7 Å². The van der Waals surface area contributed by atoms with Crippen molar-refractivity contribution in [1.29, 1.82) is 0 Å². The first kappa shape index (κ1) is 16.6. The fourth-order valence-electron chi connectivity index (χ4n) is 2.29. The molecule has 1 unspecified atom stereocenters. The fraction of sp³-hybridized carbons (Fsp3) is 0.429. The Morgan fingerprint density at radius 1 is 1.33 bits per heavy atom. The fourth-order valence-corrected chi connectivity index (χ4v) is 3.04. The lowest BCUT2D eigenvalue weighted by atomic mass is 10.1. The molecule has 2 aromatic heterocycles. The molecule has 7 heteroatoms. The largest absolute Gasteiger partial charge is 0.309 e. The summed E-state index contributed by atoms with van der Waals surface area (Å²) < 4.78 is 1.80. The second-order valence-corrected chi connectivity index (χ2v) is 6.03. The van der Waals surface area contributed by atoms with Gasteiger partial charge >= 0.3 is 0 Å². The molecule has 0 spiro atoms. The van der Waals surface area contributed by atoms with Crippen LogP contribution in [0.3, 0.4) is 0 Å². The number of rotatable bonds is 5. The Hall–Kier alpha value is -0.810. The molecule has 0 saturated carbocycles. The third-order valence-electron chi connectivity index (χ3n) is 3.28. The first-order valence-corrected chi connectivity index (χ1v) is 7.79. The van der Waals surface area contributed by atoms with Gasteiger partial charge < -0.3 is 5.32 Å². The average molecular weight is 348 g/mol. The second kappa shape index (κ2) is 6.97. The van der Waals surface area contributed by atoms with Crippen LogP contribution in [0.25, 0.3) is 0 Å². The van der Waals surface area contributed by atoms with Crippen LogP contribution in [0.2, 0.25) is 15.1 Å². The van der Waals surface area contributed by atoms with Gasteiger partial charge in [0.25, 0.3) is 0 Å². The number of aromatic nitrogens is 3. The lowest BCUT2D eigenvalue weighted by Crippen LogP contribution is -2.25. The van der Waals surface area contributed by atoms with E-state index in [1.54, 1.807) is 16.9 Å². The van der Waals surface area contributed by atoms with Crippen LogP contribution in [0.15, 0.2) is 12.3 Å². The molecule has 2 heterocycles. The first-order valence-electron chi connectivity index (χ1n) is 6.66. The number of pyridine rings is 1. The van der Waals surface area contributed by atoms with Crippen molar-refractivity contribution in [2.45, 2.75) is 26.3 Å². The maximum atomic E-state index is 6.33. The van der Waals surface area contributed by atoms with E-state index in [-0.39, 0.29) is 6.04 Å². The van der Waals surface area contributed by atoms with Gasteiger partial charge in [-0.05, 0) is 19.5 Å². The summed E-state index contributed by atoms with van der Waals surface area (Å²) >= 11 is 18.5. The van der Waals surface area contributed by atoms with E-state index in [9.17, 15) is 0 Å². The van der Waals surface area contributed by atoms with Gasteiger partial charge in [-0.25, -0.2) is 0 Å². The zero-order valence-corrected chi connectivity index (χ0v) is 14.4. The highest BCUT2D eigenvalue weighted by atomic mass is 35.5. The maximum absolute atomic E-state index is 6.33. The Bertz CT molecular complexity index is 639. The van der Waals surface area contributed by atoms with Crippen molar-refractivity contribution in [3.8, 4) is 0 Å². The van der Waals surface area contributed by atoms with Gasteiger partial charge in [0, 0.05) is 19.7 Å². The Morgan fingerprint density at radius 3 is 2.57 bits per heavy atom. The van der Waals surface area contributed by atoms with Crippen molar-refractivity contribution in [1.82, 2.24) is 20.1 Å². The van der Waals surface area contributed by atoms with Gasteiger partial charge in [-0.3, -0.25) is 9.67 Å². The summed E-state index contributed by atoms with van der Waals surface area (Å²) in [6.45, 7) is 4.72. The standard InChI is InChI=1S/C14H17Cl3N4/c1-4-18-11(14-10(16)5-9(15)7-19-14)6-12-13(17)8(2)20-21(12)3/h5,7,11,18H,4,6H2,1-3H3. The predicted molar refractivity (Wildman–Crippen MR) is 87.3 cm³/mol. The molecule has 114 valence electrons. The molecule has 0 amide bonds. The minimum Gasteiger partial charge on any atom is -0.309 e. The van der Waals surface area contributed by atoms with Crippen molar-refractivity contribution in [2.24, 2.45) is 7.05 Å². The van der Waals surface area contributed by atoms with Crippen LogP contribution in [0.4, 0.5) is 0 Å². The van der Waals surface area contributed by atoms with Gasteiger partial charge in [-0.2, -0.15) is 5.10 Å². The summed E-state index contributed by atoms with van der Waals surface area (Å²) in [6.07, 6.45) is 2.25. The van der Waals surface area contributed by atoms with Crippen LogP contribution in [0.1, 0.15) is 30.0 Å². The molecular formula is C14H17Cl3N4. The SMILES string of the molecule is CCNC(Cc1c(Cl)c(C)nn1C)c1ncc(Cl)cc1Cl. The third kappa shape index (κ3) is 3.69. The Balaban J connectivity index is 2.35. The molecule has 0 saturated heterocycles. The van der Waals surface area contributed by atoms with E-state index >= 15 is 0 Å². The van der Waals surface area contributed by atoms with E-state index in [1.165, 1.54) is 0 Å². The van der Waals surface area contributed by atoms with Crippen molar-refractivity contribution >= 4 is 34.8 Å². The molecule has 21 heavy (non-hydrogen) atoms. The molecule has 0 radical (unpaired) electrons. The van der Waals surface area contributed by atoms with Gasteiger partial charge in [0.1, 0.15) is 0 Å². The molecule has 2 aromatic rings. The van der Waals surface area contributed by atoms with Gasteiger partial charge in [0.05, 0.1) is 38.2 Å². The van der Waals surface area contributed by atoms with E-state index in [4.69, 9.17) is 34.8 Å². The zero-order chi connectivity index (χ0) is 15.6. The molecule has 0 aliphatic rings. The van der Waals surface area contributed by atoms with Crippen molar-refractivity contribution < 1.29 is 0 Å². The van der Waals surface area contributed by atoms with E-state index in [0.717, 1.165) is 23.6 Å². The van der Waals surface area contributed by atoms with Crippen LogP contribution in [-0.2, 0) is 13.5 Å². The number of likely N-dealkylation sites (N-methyl/N-ethyl adjacent to an activating group) is 1. The molecule has 0 aromatic carbocycles. The van der Waals surface area contributed by atoms with Crippen molar-refractivity contribution in [2.75, 3.05) is 6.54 Å². The van der Waals surface area contributed by atoms with E-state index < -0.39 is 0 Å². The van der Waals surface area contributed by atoms with E-state index in [0.29, 0.717) is 21.5 Å². The maximum Gasteiger partial charge on any atom is 0.0847 e. The molecule has 0 aliphatic heterocycles. The average Bonchev–Trinajstić information content (AvgIpc) is 2.65. The van der Waals surface area contributed by atoms with Crippen LogP contribution in [0, 0.1) is 6.92 Å². The number of nitrogens with one attached hydrogen (secondary N) is 1. The minimum atomic E-state index is -0.0490. The highest BCUT2D eigenvalue weighted by Crippen LogP contribution is 2.29. The summed E-state index contributed by atoms with van der Waals surface area (Å²) in [5.74, 6) is 0. The highest BCUT2D eigenvalue weighted by Gasteiger charge is 2.21. The number of aryl methyl sites for hydroxylation is 2. The summed E-state index contributed by atoms with van der Waals surface area (Å²) in [5.41, 5.74) is 2.53. The zero-order valence-electron chi connectivity index (χ0n) is 12.1. The lowest BCUT2D eigenvalue weighted by Gasteiger charge is -2.19. The van der Waals surface area contributed by atoms with Crippen LogP contribution >= 0.6 is 34.8 Å². The predicted octanol–water partition coefficient (Wildman–Crippen LogP) is 3.98. The molecule has 0 fully saturated rings. The smallest absolute Gasteiger partial charge is 0.0847 e. The Labute approximate surface area is 139 Å². The number of hydrogen-bond donors (Lipinski definition) is 1. The Kier molecular flexibility index (Phi) is 5.49. The van der Waals surface area contributed by atoms with Crippen molar-refractivity contribution in [3.05, 3.63) is 44.4 Å². The molecule has 2 rings (SSSR count). The second-order valence-electron chi connectivity index (χ2n) is 4.80. The highest BCUT2D eigenvalue weighted by molar-refractivity contribution is 6.34. The summed E-state index contributed by atoms with van der Waals surface area (Å²) in [7, 11) is 1.88. The summed E-state index contributed by atoms with van der Waals surface area (Å²) in [4.78, 5) is 4.36. The van der Waals surface area contributed by atoms with Gasteiger partial charge in [0.15, 0.2) is 0 Å². The summed E-state index contributed by atoms with van der Waals surface area (Å²) in [6, 6.07) is 1.65. The van der Waals surface area contributed by atoms with Crippen molar-refractivity contribution in [3.63, 3.8) is 0 Å².